The second-order valence-corrected chi connectivity index (χ2v) is 23.0. The molecule has 5 aromatic rings. The van der Waals surface area contributed by atoms with Gasteiger partial charge in [-0.3, -0.25) is 33.7 Å². The molecule has 3 aliphatic rings. The number of hydrogen-bond acceptors (Lipinski definition) is 12. The number of β-amino-alcohol motifs (C(OH)–C–C–N with tert-alkyl or cyclic N) is 1. The van der Waals surface area contributed by atoms with E-state index in [1.165, 1.54) is 22.6 Å². The molecule has 8 rings (SSSR count). The Morgan fingerprint density at radius 1 is 0.892 bits per heavy atom. The number of piperazine rings is 1. The molecule has 3 fully saturated rings. The molecule has 4 heterocycles. The summed E-state index contributed by atoms with van der Waals surface area (Å²) >= 11 is 0. The number of halogens is 4. The van der Waals surface area contributed by atoms with Gasteiger partial charge in [0.1, 0.15) is 48.9 Å². The lowest BCUT2D eigenvalue weighted by molar-refractivity contribution is -0.142. The number of unbranched alkanes of at least 4 members (excludes halogenated alkanes) is 1. The molecule has 83 heavy (non-hydrogen) atoms. The van der Waals surface area contributed by atoms with E-state index in [1.54, 1.807) is 51.2 Å². The molecule has 6 N–H and O–H groups in total. The molecule has 2 saturated heterocycles. The topological polar surface area (TPSA) is 235 Å². The fourth-order valence-corrected chi connectivity index (χ4v) is 10.5. The molecule has 19 nitrogen and oxygen atoms in total. The third-order valence-corrected chi connectivity index (χ3v) is 15.4. The van der Waals surface area contributed by atoms with Gasteiger partial charge in [0.25, 0.3) is 11.8 Å². The molecular formula is C60H74F4N10O9. The zero-order chi connectivity index (χ0) is 59.8. The van der Waals surface area contributed by atoms with E-state index in [0.29, 0.717) is 61.5 Å². The summed E-state index contributed by atoms with van der Waals surface area (Å²) in [5.74, 6) is -2.50. The van der Waals surface area contributed by atoms with Crippen molar-refractivity contribution in [2.45, 2.75) is 110 Å². The first kappa shape index (κ1) is 61.4. The zero-order valence-electron chi connectivity index (χ0n) is 47.6. The number of hydrogen-bond donors (Lipinski definition) is 6. The Kier molecular flexibility index (Phi) is 19.8. The Labute approximate surface area is 479 Å². The highest BCUT2D eigenvalue weighted by atomic mass is 19.4. The minimum absolute atomic E-state index is 0.00295. The number of likely N-dealkylation sites (N-methyl/N-ethyl adjacent to an activating group) is 1. The Hall–Kier alpha value is -7.63. The fourth-order valence-electron chi connectivity index (χ4n) is 10.5. The van der Waals surface area contributed by atoms with Gasteiger partial charge >= 0.3 is 6.18 Å². The lowest BCUT2D eigenvalue weighted by Gasteiger charge is -2.44. The van der Waals surface area contributed by atoms with Gasteiger partial charge in [-0.15, -0.1) is 0 Å². The molecular weight excluding hydrogens is 1080 g/mol. The molecule has 5 atom stereocenters. The minimum atomic E-state index is -5.01. The first-order chi connectivity index (χ1) is 39.4. The maximum absolute atomic E-state index is 16.1. The SMILES string of the molecule is C[C@@H]1CN(c2cc(F)c(-c3ccc(OCCNC(=O)COCC(=O)N[C@H](C(=O)N4C[C@H](O)C[C@H]4c4nc(C(=O)N(CCCCc5ccccc5)CC5CC5)c[nH]4)C(C)(C)C)cc3)cc2NC(=O)c2c[nH]c(=O)cc2C(F)(F)F)C[C@H](C)N1C. The number of benzene rings is 3. The number of aliphatic hydroxyl groups is 1. The molecule has 3 aromatic carbocycles. The lowest BCUT2D eigenvalue weighted by Crippen LogP contribution is -2.55. The van der Waals surface area contributed by atoms with Gasteiger partial charge in [0, 0.05) is 75.3 Å². The van der Waals surface area contributed by atoms with Crippen molar-refractivity contribution in [3.63, 3.8) is 0 Å². The summed E-state index contributed by atoms with van der Waals surface area (Å²) in [6, 6.07) is 17.6. The summed E-state index contributed by atoms with van der Waals surface area (Å²) in [6.07, 6.45) is 1.37. The van der Waals surface area contributed by atoms with Crippen LogP contribution in [-0.4, -0.2) is 155 Å². The van der Waals surface area contributed by atoms with Crippen LogP contribution in [0.25, 0.3) is 11.1 Å². The van der Waals surface area contributed by atoms with E-state index in [-0.39, 0.29) is 66.7 Å². The first-order valence-corrected chi connectivity index (χ1v) is 28.1. The number of aliphatic hydroxyl groups excluding tert-OH is 1. The number of carbonyl (C=O) groups is 5. The summed E-state index contributed by atoms with van der Waals surface area (Å²) in [4.78, 5) is 96.8. The van der Waals surface area contributed by atoms with Crippen molar-refractivity contribution in [1.82, 2.24) is 40.3 Å². The fraction of sp³-hybridized carbons (Fsp3) is 0.483. The quantitative estimate of drug-likeness (QED) is 0.0288. The normalized spacial score (nSPS) is 18.8. The van der Waals surface area contributed by atoms with Crippen molar-refractivity contribution in [3.8, 4) is 16.9 Å². The third-order valence-electron chi connectivity index (χ3n) is 15.4. The minimum Gasteiger partial charge on any atom is -0.492 e. The number of rotatable bonds is 23. The van der Waals surface area contributed by atoms with E-state index in [0.717, 1.165) is 32.1 Å². The summed E-state index contributed by atoms with van der Waals surface area (Å²) < 4.78 is 69.3. The number of anilines is 2. The van der Waals surface area contributed by atoms with Crippen molar-refractivity contribution < 1.29 is 56.1 Å². The Morgan fingerprint density at radius 3 is 2.27 bits per heavy atom. The number of aromatic amines is 2. The van der Waals surface area contributed by atoms with E-state index in [2.05, 4.69) is 47.9 Å². The number of imidazole rings is 1. The van der Waals surface area contributed by atoms with E-state index in [4.69, 9.17) is 9.47 Å². The summed E-state index contributed by atoms with van der Waals surface area (Å²) in [5.41, 5.74) is -1.89. The maximum atomic E-state index is 16.1. The van der Waals surface area contributed by atoms with Gasteiger partial charge in [0.05, 0.1) is 41.2 Å². The molecule has 0 radical (unpaired) electrons. The highest BCUT2D eigenvalue weighted by molar-refractivity contribution is 6.07. The van der Waals surface area contributed by atoms with Crippen LogP contribution in [0.1, 0.15) is 111 Å². The second kappa shape index (κ2) is 26.7. The van der Waals surface area contributed by atoms with Gasteiger partial charge in [-0.05, 0) is 99.7 Å². The van der Waals surface area contributed by atoms with Crippen LogP contribution in [0.3, 0.4) is 0 Å². The van der Waals surface area contributed by atoms with Gasteiger partial charge in [-0.25, -0.2) is 9.37 Å². The van der Waals surface area contributed by atoms with E-state index in [9.17, 15) is 47.0 Å². The molecule has 2 aromatic heterocycles. The van der Waals surface area contributed by atoms with Gasteiger partial charge in [0.15, 0.2) is 0 Å². The van der Waals surface area contributed by atoms with Gasteiger partial charge in [-0.1, -0.05) is 63.2 Å². The molecule has 0 unspecified atom stereocenters. The average Bonchev–Trinajstić information content (AvgIpc) is 4.06. The Bertz CT molecular complexity index is 3130. The van der Waals surface area contributed by atoms with Crippen LogP contribution in [-0.2, 0) is 31.7 Å². The first-order valence-electron chi connectivity index (χ1n) is 28.1. The van der Waals surface area contributed by atoms with Crippen LogP contribution >= 0.6 is 0 Å². The monoisotopic (exact) mass is 1150 g/mol. The number of H-pyrrole nitrogens is 2. The smallest absolute Gasteiger partial charge is 0.417 e. The number of likely N-dealkylation sites (tertiary alicyclic amines) is 1. The van der Waals surface area contributed by atoms with Gasteiger partial charge in [0.2, 0.25) is 23.3 Å². The third kappa shape index (κ3) is 16.1. The molecule has 1 aliphatic carbocycles. The van der Waals surface area contributed by atoms with Crippen LogP contribution in [0.15, 0.2) is 90.0 Å². The Balaban J connectivity index is 0.814. The number of amides is 5. The molecule has 0 spiro atoms. The highest BCUT2D eigenvalue weighted by Gasteiger charge is 2.44. The molecule has 0 bridgehead atoms. The van der Waals surface area contributed by atoms with Crippen molar-refractivity contribution in [2.75, 3.05) is 76.4 Å². The number of nitrogens with zero attached hydrogens (tertiary/aromatic N) is 5. The second-order valence-electron chi connectivity index (χ2n) is 23.0. The molecule has 5 amide bonds. The highest BCUT2D eigenvalue weighted by Crippen LogP contribution is 2.39. The summed E-state index contributed by atoms with van der Waals surface area (Å²) in [7, 11) is 1.95. The number of aromatic nitrogens is 3. The van der Waals surface area contributed by atoms with E-state index in [1.807, 2.05) is 48.9 Å². The largest absolute Gasteiger partial charge is 0.492 e. The molecule has 2 aliphatic heterocycles. The van der Waals surface area contributed by atoms with Crippen molar-refractivity contribution >= 4 is 40.9 Å². The van der Waals surface area contributed by atoms with Crippen LogP contribution in [0.2, 0.25) is 0 Å². The number of alkyl halides is 3. The summed E-state index contributed by atoms with van der Waals surface area (Å²) in [6.45, 7) is 10.4. The average molecular weight is 1160 g/mol. The van der Waals surface area contributed by atoms with E-state index >= 15 is 4.39 Å². The van der Waals surface area contributed by atoms with Gasteiger partial charge in [-0.2, -0.15) is 13.2 Å². The zero-order valence-corrected chi connectivity index (χ0v) is 47.6. The van der Waals surface area contributed by atoms with Crippen LogP contribution in [0.4, 0.5) is 28.9 Å². The number of aryl methyl sites for hydroxylation is 1. The van der Waals surface area contributed by atoms with Crippen LogP contribution in [0.5, 0.6) is 5.75 Å². The predicted octanol–water partition coefficient (Wildman–Crippen LogP) is 6.96. The number of carbonyl (C=O) groups excluding carboxylic acids is 5. The van der Waals surface area contributed by atoms with E-state index < -0.39 is 89.1 Å². The predicted molar refractivity (Wildman–Crippen MR) is 303 cm³/mol. The number of ether oxygens (including phenoxy) is 2. The van der Waals surface area contributed by atoms with Crippen LogP contribution in [0, 0.1) is 17.2 Å². The maximum Gasteiger partial charge on any atom is 0.417 e. The Morgan fingerprint density at radius 2 is 1.59 bits per heavy atom. The van der Waals surface area contributed by atoms with Crippen LogP contribution < -0.4 is 31.1 Å². The number of pyridine rings is 1. The van der Waals surface area contributed by atoms with Crippen molar-refractivity contribution in [3.05, 3.63) is 130 Å². The molecule has 23 heteroatoms. The van der Waals surface area contributed by atoms with Crippen molar-refractivity contribution in [2.24, 2.45) is 11.3 Å². The lowest BCUT2D eigenvalue weighted by atomic mass is 9.85. The molecule has 1 saturated carbocycles. The standard InChI is InChI=1S/C60H74F4N10O9/c1-36-30-73(31-37(2)71(36)6)49-27-46(61)43(25-47(49)69-56(79)44-28-66-51(76)26-45(44)60(62,63)64)40-17-19-42(20-18-40)83-23-21-65-52(77)34-82-35-53(78)70-54(59(3,4)5)58(81)74-33-41(75)24-50(74)55-67-29-48(68-55)57(80)72(32-39-15-16-39)22-11-10-14-38-12-8-7-9-13-38/h7-9,12-13,17-20,25-29,36-37,39,41,50,54,75H,10-11,14-16,21-24,30-35H2,1-6H3,(H,65,77)(H,66,76)(H,67,68)(H,69,79)(H,70,78)/t36-,37+,41-,50+,54-/m1/s1. The van der Waals surface area contributed by atoms with Crippen molar-refractivity contribution in [1.29, 1.82) is 0 Å². The molecule has 446 valence electrons. The number of nitrogens with one attached hydrogen (secondary N) is 5. The van der Waals surface area contributed by atoms with Gasteiger partial charge < -0.3 is 55.2 Å². The summed E-state index contributed by atoms with van der Waals surface area (Å²) in [5, 5.41) is 18.8.